The van der Waals surface area contributed by atoms with Crippen LogP contribution in [0.1, 0.15) is 19.4 Å². The molecule has 0 spiro atoms. The fourth-order valence-corrected chi connectivity index (χ4v) is 2.49. The quantitative estimate of drug-likeness (QED) is 0.609. The van der Waals surface area contributed by atoms with E-state index in [-0.39, 0.29) is 12.5 Å². The minimum Gasteiger partial charge on any atom is -0.481 e. The number of rotatable bonds is 6. The molecule has 124 valence electrons. The highest BCUT2D eigenvalue weighted by atomic mass is 16.7. The van der Waals surface area contributed by atoms with Gasteiger partial charge in [-0.3, -0.25) is 9.59 Å². The molecule has 2 rings (SSSR count). The zero-order valence-corrected chi connectivity index (χ0v) is 12.9. The Morgan fingerprint density at radius 1 is 1.26 bits per heavy atom. The molecule has 0 radical (unpaired) electrons. The van der Waals surface area contributed by atoms with Crippen molar-refractivity contribution >= 4 is 18.0 Å². The van der Waals surface area contributed by atoms with Crippen molar-refractivity contribution in [1.29, 1.82) is 0 Å². The standard InChI is InChI=1S/C16H19NO6/c1-9(15(19)20)13-12(14(18)17-13)10(2)23-16(21)22-8-11-6-4-3-5-7-11/h3-7,9-10,12-13H,8H2,1-2H3,(H,17,18)(H,19,20)/t9-,10-,12-,13-/m1/s1. The van der Waals surface area contributed by atoms with Crippen LogP contribution < -0.4 is 5.32 Å². The van der Waals surface area contributed by atoms with Gasteiger partial charge in [0, 0.05) is 0 Å². The minimum atomic E-state index is -1.01. The number of ether oxygens (including phenoxy) is 2. The number of aliphatic carboxylic acids is 1. The zero-order valence-electron chi connectivity index (χ0n) is 12.9. The van der Waals surface area contributed by atoms with Gasteiger partial charge in [-0.1, -0.05) is 30.3 Å². The predicted octanol–water partition coefficient (Wildman–Crippen LogP) is 1.56. The molecule has 1 aliphatic rings. The summed E-state index contributed by atoms with van der Waals surface area (Å²) in [6.07, 6.45) is -1.65. The van der Waals surface area contributed by atoms with E-state index < -0.39 is 36.1 Å². The van der Waals surface area contributed by atoms with Crippen LogP contribution in [-0.2, 0) is 25.7 Å². The molecule has 1 aromatic carbocycles. The SMILES string of the molecule is C[C@@H](OC(=O)OCc1ccccc1)[C@H]1C(=O)N[C@@H]1[C@@H](C)C(=O)O. The van der Waals surface area contributed by atoms with Gasteiger partial charge in [0.25, 0.3) is 0 Å². The summed E-state index contributed by atoms with van der Waals surface area (Å²) in [5, 5.41) is 11.5. The molecule has 7 heteroatoms. The number of carboxylic acid groups (broad SMARTS) is 1. The summed E-state index contributed by atoms with van der Waals surface area (Å²) in [5.41, 5.74) is 0.816. The highest BCUT2D eigenvalue weighted by molar-refractivity contribution is 5.89. The van der Waals surface area contributed by atoms with Crippen molar-refractivity contribution in [3.05, 3.63) is 35.9 Å². The van der Waals surface area contributed by atoms with Gasteiger partial charge in [0.15, 0.2) is 0 Å². The van der Waals surface area contributed by atoms with E-state index in [1.165, 1.54) is 6.92 Å². The maximum Gasteiger partial charge on any atom is 0.508 e. The number of benzene rings is 1. The first-order chi connectivity index (χ1) is 10.9. The van der Waals surface area contributed by atoms with E-state index in [4.69, 9.17) is 14.6 Å². The number of hydrogen-bond donors (Lipinski definition) is 2. The van der Waals surface area contributed by atoms with Crippen LogP contribution in [0.5, 0.6) is 0 Å². The van der Waals surface area contributed by atoms with Crippen molar-refractivity contribution in [2.75, 3.05) is 0 Å². The summed E-state index contributed by atoms with van der Waals surface area (Å²) in [5.74, 6) is -2.79. The largest absolute Gasteiger partial charge is 0.508 e. The Morgan fingerprint density at radius 3 is 2.48 bits per heavy atom. The Kier molecular flexibility index (Phi) is 5.20. The summed E-state index contributed by atoms with van der Waals surface area (Å²) < 4.78 is 10.1. The summed E-state index contributed by atoms with van der Waals surface area (Å²) >= 11 is 0. The van der Waals surface area contributed by atoms with E-state index in [1.807, 2.05) is 18.2 Å². The van der Waals surface area contributed by atoms with Gasteiger partial charge in [-0.25, -0.2) is 4.79 Å². The fraction of sp³-hybridized carbons (Fsp3) is 0.438. The first kappa shape index (κ1) is 16.8. The van der Waals surface area contributed by atoms with Gasteiger partial charge in [0.1, 0.15) is 12.7 Å². The first-order valence-corrected chi connectivity index (χ1v) is 7.30. The van der Waals surface area contributed by atoms with Crippen LogP contribution >= 0.6 is 0 Å². The monoisotopic (exact) mass is 321 g/mol. The molecule has 2 N–H and O–H groups in total. The molecule has 0 saturated carbocycles. The Hall–Kier alpha value is -2.57. The summed E-state index contributed by atoms with van der Waals surface area (Å²) in [6.45, 7) is 3.12. The van der Waals surface area contributed by atoms with Crippen molar-refractivity contribution in [2.45, 2.75) is 32.6 Å². The average molecular weight is 321 g/mol. The van der Waals surface area contributed by atoms with Crippen molar-refractivity contribution in [1.82, 2.24) is 5.32 Å². The third kappa shape index (κ3) is 4.00. The van der Waals surface area contributed by atoms with E-state index in [9.17, 15) is 14.4 Å². The number of β-lactam (4-membered cyclic amide) rings is 1. The summed E-state index contributed by atoms with van der Waals surface area (Å²) in [7, 11) is 0. The lowest BCUT2D eigenvalue weighted by Gasteiger charge is -2.41. The van der Waals surface area contributed by atoms with Crippen LogP contribution in [0.3, 0.4) is 0 Å². The van der Waals surface area contributed by atoms with E-state index in [0.717, 1.165) is 5.56 Å². The number of amides is 1. The Bertz CT molecular complexity index is 587. The fourth-order valence-electron chi connectivity index (χ4n) is 2.49. The van der Waals surface area contributed by atoms with Crippen LogP contribution in [-0.4, -0.2) is 35.3 Å². The second-order valence-electron chi connectivity index (χ2n) is 5.53. The van der Waals surface area contributed by atoms with E-state index in [0.29, 0.717) is 0 Å². The number of carbonyl (C=O) groups is 3. The van der Waals surface area contributed by atoms with Gasteiger partial charge in [-0.15, -0.1) is 0 Å². The molecule has 1 aliphatic heterocycles. The number of hydrogen-bond acceptors (Lipinski definition) is 5. The highest BCUT2D eigenvalue weighted by Gasteiger charge is 2.49. The molecular formula is C16H19NO6. The van der Waals surface area contributed by atoms with Gasteiger partial charge >= 0.3 is 12.1 Å². The maximum atomic E-state index is 11.7. The Labute approximate surface area is 133 Å². The van der Waals surface area contributed by atoms with Crippen LogP contribution in [0, 0.1) is 11.8 Å². The molecule has 23 heavy (non-hydrogen) atoms. The Balaban J connectivity index is 1.85. The molecule has 0 bridgehead atoms. The van der Waals surface area contributed by atoms with E-state index in [1.54, 1.807) is 19.1 Å². The predicted molar refractivity (Wildman–Crippen MR) is 79.4 cm³/mol. The molecule has 1 saturated heterocycles. The smallest absolute Gasteiger partial charge is 0.481 e. The van der Waals surface area contributed by atoms with Gasteiger partial charge in [-0.05, 0) is 19.4 Å². The number of carbonyl (C=O) groups excluding carboxylic acids is 2. The molecule has 7 nitrogen and oxygen atoms in total. The Morgan fingerprint density at radius 2 is 1.91 bits per heavy atom. The third-order valence-corrected chi connectivity index (χ3v) is 3.91. The topological polar surface area (TPSA) is 102 Å². The molecule has 0 unspecified atom stereocenters. The third-order valence-electron chi connectivity index (χ3n) is 3.91. The molecule has 1 aromatic rings. The molecular weight excluding hydrogens is 302 g/mol. The first-order valence-electron chi connectivity index (χ1n) is 7.30. The maximum absolute atomic E-state index is 11.7. The molecule has 1 amide bonds. The molecule has 0 aliphatic carbocycles. The van der Waals surface area contributed by atoms with Gasteiger partial charge in [-0.2, -0.15) is 0 Å². The van der Waals surface area contributed by atoms with Crippen molar-refractivity contribution in [2.24, 2.45) is 11.8 Å². The van der Waals surface area contributed by atoms with Crippen molar-refractivity contribution < 1.29 is 29.0 Å². The lowest BCUT2D eigenvalue weighted by molar-refractivity contribution is -0.152. The molecule has 0 aromatic heterocycles. The van der Waals surface area contributed by atoms with Gasteiger partial charge in [0.05, 0.1) is 17.9 Å². The van der Waals surface area contributed by atoms with Crippen LogP contribution in [0.15, 0.2) is 30.3 Å². The number of nitrogens with one attached hydrogen (secondary N) is 1. The molecule has 1 fully saturated rings. The average Bonchev–Trinajstić information content (AvgIpc) is 2.50. The van der Waals surface area contributed by atoms with Crippen LogP contribution in [0.2, 0.25) is 0 Å². The van der Waals surface area contributed by atoms with Crippen LogP contribution in [0.25, 0.3) is 0 Å². The molecule has 4 atom stereocenters. The van der Waals surface area contributed by atoms with Gasteiger partial charge in [0.2, 0.25) is 5.91 Å². The van der Waals surface area contributed by atoms with Gasteiger partial charge < -0.3 is 19.9 Å². The lowest BCUT2D eigenvalue weighted by atomic mass is 9.79. The zero-order chi connectivity index (χ0) is 17.0. The second kappa shape index (κ2) is 7.13. The summed E-state index contributed by atoms with van der Waals surface area (Å²) in [6, 6.07) is 8.55. The highest BCUT2D eigenvalue weighted by Crippen LogP contribution is 2.27. The lowest BCUT2D eigenvalue weighted by Crippen LogP contribution is -2.65. The van der Waals surface area contributed by atoms with Crippen molar-refractivity contribution in [3.63, 3.8) is 0 Å². The van der Waals surface area contributed by atoms with Crippen LogP contribution in [0.4, 0.5) is 4.79 Å². The van der Waals surface area contributed by atoms with E-state index in [2.05, 4.69) is 5.32 Å². The number of carboxylic acids is 1. The summed E-state index contributed by atoms with van der Waals surface area (Å²) in [4.78, 5) is 34.3. The second-order valence-corrected chi connectivity index (χ2v) is 5.53. The normalized spacial score (nSPS) is 22.3. The van der Waals surface area contributed by atoms with Crippen molar-refractivity contribution in [3.8, 4) is 0 Å². The molecule has 1 heterocycles. The van der Waals surface area contributed by atoms with E-state index >= 15 is 0 Å². The minimum absolute atomic E-state index is 0.0677.